The largest absolute Gasteiger partial charge is 0.462 e. The van der Waals surface area contributed by atoms with Gasteiger partial charge in [-0.1, -0.05) is 18.2 Å². The van der Waals surface area contributed by atoms with E-state index in [0.717, 1.165) is 36.1 Å². The van der Waals surface area contributed by atoms with Gasteiger partial charge in [0.15, 0.2) is 0 Å². The number of fused-ring (bicyclic) bond motifs is 1. The van der Waals surface area contributed by atoms with Crippen molar-refractivity contribution >= 4 is 28.4 Å². The Morgan fingerprint density at radius 2 is 1.92 bits per heavy atom. The Bertz CT molecular complexity index is 739. The predicted molar refractivity (Wildman–Crippen MR) is 93.0 cm³/mol. The van der Waals surface area contributed by atoms with Crippen LogP contribution in [0.3, 0.4) is 0 Å². The number of thiophene rings is 1. The molecule has 0 atom stereocenters. The third-order valence-electron chi connectivity index (χ3n) is 3.82. The van der Waals surface area contributed by atoms with Crippen molar-refractivity contribution in [3.05, 3.63) is 46.3 Å². The molecule has 0 aliphatic heterocycles. The van der Waals surface area contributed by atoms with Crippen LogP contribution < -0.4 is 10.1 Å². The van der Waals surface area contributed by atoms with Gasteiger partial charge in [-0.2, -0.15) is 0 Å². The highest BCUT2D eigenvalue weighted by Crippen LogP contribution is 2.38. The van der Waals surface area contributed by atoms with Crippen molar-refractivity contribution in [2.45, 2.75) is 32.6 Å². The van der Waals surface area contributed by atoms with E-state index >= 15 is 0 Å². The van der Waals surface area contributed by atoms with Crippen LogP contribution in [0.15, 0.2) is 30.3 Å². The van der Waals surface area contributed by atoms with E-state index in [-0.39, 0.29) is 5.97 Å². The van der Waals surface area contributed by atoms with Crippen molar-refractivity contribution < 1.29 is 19.1 Å². The van der Waals surface area contributed by atoms with E-state index in [0.29, 0.717) is 22.9 Å². The second-order valence-corrected chi connectivity index (χ2v) is 6.57. The first-order chi connectivity index (χ1) is 11.7. The molecular formula is C18H19NO4S. The molecule has 1 heterocycles. The van der Waals surface area contributed by atoms with Crippen LogP contribution >= 0.6 is 11.3 Å². The third-order valence-corrected chi connectivity index (χ3v) is 5.03. The maximum Gasteiger partial charge on any atom is 0.417 e. The minimum atomic E-state index is -0.606. The molecule has 2 aromatic rings. The number of ether oxygens (including phenoxy) is 2. The van der Waals surface area contributed by atoms with Gasteiger partial charge >= 0.3 is 12.1 Å². The van der Waals surface area contributed by atoms with Crippen molar-refractivity contribution in [2.24, 2.45) is 0 Å². The van der Waals surface area contributed by atoms with Crippen LogP contribution in [0.2, 0.25) is 0 Å². The molecule has 6 heteroatoms. The molecule has 0 radical (unpaired) electrons. The first kappa shape index (κ1) is 16.5. The summed E-state index contributed by atoms with van der Waals surface area (Å²) in [4.78, 5) is 25.6. The highest BCUT2D eigenvalue weighted by Gasteiger charge is 2.27. The van der Waals surface area contributed by atoms with Crippen LogP contribution in [0.4, 0.5) is 9.80 Å². The maximum atomic E-state index is 12.3. The summed E-state index contributed by atoms with van der Waals surface area (Å²) in [6.07, 6.45) is 3.32. The molecule has 3 rings (SSSR count). The lowest BCUT2D eigenvalue weighted by Gasteiger charge is -2.12. The van der Waals surface area contributed by atoms with E-state index in [9.17, 15) is 9.59 Å². The molecular weight excluding hydrogens is 326 g/mol. The number of hydrogen-bond acceptors (Lipinski definition) is 5. The quantitative estimate of drug-likeness (QED) is 0.834. The Labute approximate surface area is 144 Å². The number of hydrogen-bond donors (Lipinski definition) is 1. The van der Waals surface area contributed by atoms with E-state index < -0.39 is 6.09 Å². The first-order valence-electron chi connectivity index (χ1n) is 8.04. The van der Waals surface area contributed by atoms with Gasteiger partial charge in [-0.3, -0.25) is 5.32 Å². The highest BCUT2D eigenvalue weighted by molar-refractivity contribution is 7.17. The Balaban J connectivity index is 1.82. The van der Waals surface area contributed by atoms with Crippen molar-refractivity contribution in [1.29, 1.82) is 0 Å². The minimum Gasteiger partial charge on any atom is -0.462 e. The molecule has 0 saturated heterocycles. The molecule has 5 nitrogen and oxygen atoms in total. The van der Waals surface area contributed by atoms with E-state index in [1.807, 2.05) is 6.07 Å². The number of nitrogens with one attached hydrogen (secondary N) is 1. The summed E-state index contributed by atoms with van der Waals surface area (Å²) in [6.45, 7) is 2.07. The fourth-order valence-electron chi connectivity index (χ4n) is 2.79. The fraction of sp³-hybridized carbons (Fsp3) is 0.333. The van der Waals surface area contributed by atoms with Gasteiger partial charge < -0.3 is 9.47 Å². The number of aryl methyl sites for hydroxylation is 1. The summed E-state index contributed by atoms with van der Waals surface area (Å²) < 4.78 is 10.4. The smallest absolute Gasteiger partial charge is 0.417 e. The van der Waals surface area contributed by atoms with Gasteiger partial charge in [0, 0.05) is 4.88 Å². The second-order valence-electron chi connectivity index (χ2n) is 5.46. The second kappa shape index (κ2) is 7.49. The summed E-state index contributed by atoms with van der Waals surface area (Å²) in [5.74, 6) is 0.0703. The van der Waals surface area contributed by atoms with Crippen LogP contribution in [0.25, 0.3) is 0 Å². The first-order valence-corrected chi connectivity index (χ1v) is 8.86. The zero-order valence-electron chi connectivity index (χ0n) is 13.5. The molecule has 1 amide bonds. The van der Waals surface area contributed by atoms with Gasteiger partial charge in [-0.15, -0.1) is 11.3 Å². The molecule has 24 heavy (non-hydrogen) atoms. The van der Waals surface area contributed by atoms with Crippen LogP contribution in [-0.2, 0) is 17.6 Å². The number of amides is 1. The molecule has 0 saturated carbocycles. The van der Waals surface area contributed by atoms with Crippen molar-refractivity contribution in [3.63, 3.8) is 0 Å². The average molecular weight is 345 g/mol. The van der Waals surface area contributed by atoms with Crippen LogP contribution in [0, 0.1) is 0 Å². The van der Waals surface area contributed by atoms with Gasteiger partial charge in [0.2, 0.25) is 0 Å². The zero-order chi connectivity index (χ0) is 16.9. The summed E-state index contributed by atoms with van der Waals surface area (Å²) in [5, 5.41) is 3.23. The topological polar surface area (TPSA) is 64.6 Å². The molecule has 1 aliphatic carbocycles. The molecule has 0 spiro atoms. The average Bonchev–Trinajstić information content (AvgIpc) is 2.93. The molecule has 0 bridgehead atoms. The number of para-hydroxylation sites is 1. The van der Waals surface area contributed by atoms with Crippen LogP contribution in [-0.4, -0.2) is 18.7 Å². The Hall–Kier alpha value is -2.34. The standard InChI is InChI=1S/C18H19NO4S/c1-2-22-17(20)15-13-10-6-7-11-14(13)24-16(15)19-18(21)23-12-8-4-3-5-9-12/h3-5,8-9H,2,6-7,10-11H2,1H3,(H,19,21). The molecule has 1 aromatic carbocycles. The molecule has 1 N–H and O–H groups in total. The fourth-order valence-corrected chi connectivity index (χ4v) is 4.05. The van der Waals surface area contributed by atoms with Gasteiger partial charge in [0.05, 0.1) is 12.2 Å². The lowest BCUT2D eigenvalue weighted by atomic mass is 9.95. The van der Waals surface area contributed by atoms with Crippen molar-refractivity contribution in [3.8, 4) is 5.75 Å². The summed E-state index contributed by atoms with van der Waals surface area (Å²) in [5.41, 5.74) is 1.50. The molecule has 0 unspecified atom stereocenters. The highest BCUT2D eigenvalue weighted by atomic mass is 32.1. The summed E-state index contributed by atoms with van der Waals surface area (Å²) in [7, 11) is 0. The normalized spacial score (nSPS) is 13.0. The Kier molecular flexibility index (Phi) is 5.15. The Morgan fingerprint density at radius 1 is 1.17 bits per heavy atom. The van der Waals surface area contributed by atoms with Crippen LogP contribution in [0.1, 0.15) is 40.6 Å². The molecule has 1 aromatic heterocycles. The number of anilines is 1. The minimum absolute atomic E-state index is 0.303. The lowest BCUT2D eigenvalue weighted by molar-refractivity contribution is 0.0526. The third kappa shape index (κ3) is 3.59. The number of esters is 1. The van der Waals surface area contributed by atoms with E-state index in [1.165, 1.54) is 11.3 Å². The molecule has 0 fully saturated rings. The van der Waals surface area contributed by atoms with Gasteiger partial charge in [-0.25, -0.2) is 9.59 Å². The van der Waals surface area contributed by atoms with E-state index in [4.69, 9.17) is 9.47 Å². The van der Waals surface area contributed by atoms with Gasteiger partial charge in [-0.05, 0) is 50.3 Å². The number of carbonyl (C=O) groups is 2. The predicted octanol–water partition coefficient (Wildman–Crippen LogP) is 4.41. The van der Waals surface area contributed by atoms with Crippen LogP contribution in [0.5, 0.6) is 5.75 Å². The SMILES string of the molecule is CCOC(=O)c1c(NC(=O)Oc2ccccc2)sc2c1CCCC2. The number of carbonyl (C=O) groups excluding carboxylic acids is 2. The Morgan fingerprint density at radius 3 is 2.67 bits per heavy atom. The summed E-state index contributed by atoms with van der Waals surface area (Å²) in [6, 6.07) is 8.82. The van der Waals surface area contributed by atoms with E-state index in [1.54, 1.807) is 31.2 Å². The maximum absolute atomic E-state index is 12.3. The van der Waals surface area contributed by atoms with E-state index in [2.05, 4.69) is 5.32 Å². The number of benzene rings is 1. The molecule has 1 aliphatic rings. The monoisotopic (exact) mass is 345 g/mol. The van der Waals surface area contributed by atoms with Crippen molar-refractivity contribution in [1.82, 2.24) is 0 Å². The lowest BCUT2D eigenvalue weighted by Crippen LogP contribution is -2.18. The summed E-state index contributed by atoms with van der Waals surface area (Å²) >= 11 is 1.44. The van der Waals surface area contributed by atoms with Crippen molar-refractivity contribution in [2.75, 3.05) is 11.9 Å². The van der Waals surface area contributed by atoms with Gasteiger partial charge in [0.1, 0.15) is 10.8 Å². The zero-order valence-corrected chi connectivity index (χ0v) is 14.3. The molecule has 126 valence electrons. The van der Waals surface area contributed by atoms with Gasteiger partial charge in [0.25, 0.3) is 0 Å². The number of rotatable bonds is 4.